The number of likely N-dealkylation sites (tertiary alicyclic amines) is 1. The van der Waals surface area contributed by atoms with E-state index in [1.54, 1.807) is 0 Å². The van der Waals surface area contributed by atoms with Gasteiger partial charge in [-0.25, -0.2) is 4.79 Å². The Balaban J connectivity index is 1.72. The molecule has 0 saturated carbocycles. The van der Waals surface area contributed by atoms with Gasteiger partial charge in [0.25, 0.3) is 0 Å². The second-order valence-corrected chi connectivity index (χ2v) is 5.72. The van der Waals surface area contributed by atoms with Crippen LogP contribution < -0.4 is 5.32 Å². The van der Waals surface area contributed by atoms with E-state index in [0.29, 0.717) is 0 Å². The van der Waals surface area contributed by atoms with E-state index in [1.165, 1.54) is 5.56 Å². The lowest BCUT2D eigenvalue weighted by atomic mass is 10.1. The van der Waals surface area contributed by atoms with Gasteiger partial charge in [0.2, 0.25) is 0 Å². The number of carbonyl (C=O) groups is 1. The molecule has 1 aliphatic rings. The summed E-state index contributed by atoms with van der Waals surface area (Å²) in [6.07, 6.45) is 2.74. The summed E-state index contributed by atoms with van der Waals surface area (Å²) in [6.45, 7) is 4.81. The fourth-order valence-corrected chi connectivity index (χ4v) is 2.79. The lowest BCUT2D eigenvalue weighted by molar-refractivity contribution is 0.195. The molecule has 0 aliphatic carbocycles. The third kappa shape index (κ3) is 2.98. The maximum absolute atomic E-state index is 12.5. The Hall–Kier alpha value is -2.30. The summed E-state index contributed by atoms with van der Waals surface area (Å²) < 4.78 is 5.41. The van der Waals surface area contributed by atoms with Crippen LogP contribution >= 0.6 is 0 Å². The molecule has 2 amide bonds. The highest BCUT2D eigenvalue weighted by Crippen LogP contribution is 2.32. The third-order valence-corrected chi connectivity index (χ3v) is 4.08. The number of urea groups is 1. The van der Waals surface area contributed by atoms with Crippen LogP contribution in [-0.2, 0) is 6.42 Å². The number of nitrogens with zero attached hydrogens (tertiary/aromatic N) is 2. The largest absolute Gasteiger partial charge is 0.359 e. The summed E-state index contributed by atoms with van der Waals surface area (Å²) in [5.41, 5.74) is 2.92. The van der Waals surface area contributed by atoms with E-state index in [1.807, 2.05) is 49.1 Å². The van der Waals surface area contributed by atoms with Crippen LogP contribution in [0.5, 0.6) is 0 Å². The van der Waals surface area contributed by atoms with Gasteiger partial charge >= 0.3 is 6.03 Å². The second-order valence-electron chi connectivity index (χ2n) is 5.72. The summed E-state index contributed by atoms with van der Waals surface area (Å²) in [6, 6.07) is 9.67. The van der Waals surface area contributed by atoms with Gasteiger partial charge in [-0.15, -0.1) is 0 Å². The fourth-order valence-electron chi connectivity index (χ4n) is 2.79. The Morgan fingerprint density at radius 1 is 1.41 bits per heavy atom. The van der Waals surface area contributed by atoms with Crippen molar-refractivity contribution in [2.24, 2.45) is 0 Å². The first kappa shape index (κ1) is 14.6. The minimum Gasteiger partial charge on any atom is -0.359 e. The van der Waals surface area contributed by atoms with Crippen molar-refractivity contribution in [2.75, 3.05) is 11.9 Å². The first-order chi connectivity index (χ1) is 10.7. The molecule has 1 atom stereocenters. The lowest BCUT2D eigenvalue weighted by Crippen LogP contribution is -2.34. The van der Waals surface area contributed by atoms with E-state index < -0.39 is 0 Å². The van der Waals surface area contributed by atoms with E-state index in [9.17, 15) is 4.79 Å². The van der Waals surface area contributed by atoms with E-state index in [0.717, 1.165) is 42.9 Å². The van der Waals surface area contributed by atoms with Crippen LogP contribution in [-0.4, -0.2) is 22.6 Å². The molecule has 0 radical (unpaired) electrons. The summed E-state index contributed by atoms with van der Waals surface area (Å²) in [7, 11) is 0. The molecule has 1 aliphatic heterocycles. The first-order valence-electron chi connectivity index (χ1n) is 7.77. The number of aromatic nitrogens is 1. The number of carbonyl (C=O) groups excluding carboxylic acids is 1. The van der Waals surface area contributed by atoms with Crippen molar-refractivity contribution in [3.63, 3.8) is 0 Å². The SMILES string of the molecule is CCc1cc([C@H]2CCCN2C(=O)Nc2ccc(C)cc2)on1. The zero-order valence-corrected chi connectivity index (χ0v) is 13.0. The number of hydrogen-bond donors (Lipinski definition) is 1. The van der Waals surface area contributed by atoms with E-state index >= 15 is 0 Å². The predicted octanol–water partition coefficient (Wildman–Crippen LogP) is 3.91. The van der Waals surface area contributed by atoms with Crippen molar-refractivity contribution < 1.29 is 9.32 Å². The Morgan fingerprint density at radius 2 is 2.18 bits per heavy atom. The molecule has 3 rings (SSSR count). The van der Waals surface area contributed by atoms with Gasteiger partial charge in [-0.1, -0.05) is 29.8 Å². The molecular formula is C17H21N3O2. The van der Waals surface area contributed by atoms with Gasteiger partial charge in [0.15, 0.2) is 5.76 Å². The normalized spacial score (nSPS) is 17.7. The van der Waals surface area contributed by atoms with Crippen LogP contribution in [0.1, 0.15) is 42.8 Å². The predicted molar refractivity (Wildman–Crippen MR) is 84.8 cm³/mol. The topological polar surface area (TPSA) is 58.4 Å². The molecule has 1 saturated heterocycles. The van der Waals surface area contributed by atoms with Crippen LogP contribution in [0.15, 0.2) is 34.9 Å². The van der Waals surface area contributed by atoms with Gasteiger partial charge in [0, 0.05) is 18.3 Å². The minimum absolute atomic E-state index is 0.0155. The quantitative estimate of drug-likeness (QED) is 0.934. The smallest absolute Gasteiger partial charge is 0.322 e. The van der Waals surface area contributed by atoms with Crippen molar-refractivity contribution in [2.45, 2.75) is 39.2 Å². The molecule has 1 aromatic carbocycles. The number of amides is 2. The zero-order chi connectivity index (χ0) is 15.5. The van der Waals surface area contributed by atoms with E-state index in [4.69, 9.17) is 4.52 Å². The second kappa shape index (κ2) is 6.22. The van der Waals surface area contributed by atoms with Crippen molar-refractivity contribution >= 4 is 11.7 Å². The van der Waals surface area contributed by atoms with Crippen LogP contribution in [0.2, 0.25) is 0 Å². The summed E-state index contributed by atoms with van der Waals surface area (Å²) in [5.74, 6) is 0.786. The molecule has 1 N–H and O–H groups in total. The Bertz CT molecular complexity index is 648. The van der Waals surface area contributed by atoms with Gasteiger partial charge in [0.05, 0.1) is 11.7 Å². The minimum atomic E-state index is -0.0826. The fraction of sp³-hybridized carbons (Fsp3) is 0.412. The van der Waals surface area contributed by atoms with Crippen LogP contribution in [0, 0.1) is 6.92 Å². The number of nitrogens with one attached hydrogen (secondary N) is 1. The molecule has 5 nitrogen and oxygen atoms in total. The molecule has 2 aromatic rings. The van der Waals surface area contributed by atoms with E-state index in [2.05, 4.69) is 10.5 Å². The summed E-state index contributed by atoms with van der Waals surface area (Å²) in [4.78, 5) is 14.3. The standard InChI is InChI=1S/C17H21N3O2/c1-3-13-11-16(22-19-13)15-5-4-10-20(15)17(21)18-14-8-6-12(2)7-9-14/h6-9,11,15H,3-5,10H2,1-2H3,(H,18,21)/t15-/m1/s1. The average molecular weight is 299 g/mol. The molecular weight excluding hydrogens is 278 g/mol. The molecule has 0 bridgehead atoms. The van der Waals surface area contributed by atoms with Crippen molar-refractivity contribution in [1.82, 2.24) is 10.1 Å². The lowest BCUT2D eigenvalue weighted by Gasteiger charge is -2.23. The van der Waals surface area contributed by atoms with Gasteiger partial charge in [0.1, 0.15) is 0 Å². The highest BCUT2D eigenvalue weighted by molar-refractivity contribution is 5.89. The Morgan fingerprint density at radius 3 is 2.86 bits per heavy atom. The molecule has 1 fully saturated rings. The molecule has 22 heavy (non-hydrogen) atoms. The van der Waals surface area contributed by atoms with Gasteiger partial charge in [-0.3, -0.25) is 0 Å². The van der Waals surface area contributed by atoms with Crippen molar-refractivity contribution in [3.05, 3.63) is 47.3 Å². The number of rotatable bonds is 3. The van der Waals surface area contributed by atoms with Crippen LogP contribution in [0.4, 0.5) is 10.5 Å². The first-order valence-corrected chi connectivity index (χ1v) is 7.77. The molecule has 1 aromatic heterocycles. The highest BCUT2D eigenvalue weighted by atomic mass is 16.5. The molecule has 2 heterocycles. The van der Waals surface area contributed by atoms with E-state index in [-0.39, 0.29) is 12.1 Å². The van der Waals surface area contributed by atoms with Gasteiger partial charge in [-0.2, -0.15) is 0 Å². The maximum Gasteiger partial charge on any atom is 0.322 e. The third-order valence-electron chi connectivity index (χ3n) is 4.08. The van der Waals surface area contributed by atoms with Crippen LogP contribution in [0.25, 0.3) is 0 Å². The summed E-state index contributed by atoms with van der Waals surface area (Å²) in [5, 5.41) is 6.99. The summed E-state index contributed by atoms with van der Waals surface area (Å²) >= 11 is 0. The molecule has 0 spiro atoms. The Labute approximate surface area is 130 Å². The molecule has 0 unspecified atom stereocenters. The number of aryl methyl sites for hydroxylation is 2. The van der Waals surface area contributed by atoms with Crippen LogP contribution in [0.3, 0.4) is 0 Å². The van der Waals surface area contributed by atoms with Crippen molar-refractivity contribution in [1.29, 1.82) is 0 Å². The molecule has 5 heteroatoms. The van der Waals surface area contributed by atoms with Gasteiger partial charge in [-0.05, 0) is 38.3 Å². The highest BCUT2D eigenvalue weighted by Gasteiger charge is 2.32. The Kier molecular flexibility index (Phi) is 4.13. The average Bonchev–Trinajstić information content (AvgIpc) is 3.17. The maximum atomic E-state index is 12.5. The number of anilines is 1. The number of hydrogen-bond acceptors (Lipinski definition) is 3. The number of benzene rings is 1. The molecule has 116 valence electrons. The van der Waals surface area contributed by atoms with Crippen molar-refractivity contribution in [3.8, 4) is 0 Å². The monoisotopic (exact) mass is 299 g/mol. The van der Waals surface area contributed by atoms with Gasteiger partial charge < -0.3 is 14.7 Å². The zero-order valence-electron chi connectivity index (χ0n) is 13.0.